The van der Waals surface area contributed by atoms with E-state index in [-0.39, 0.29) is 36.0 Å². The zero-order valence-corrected chi connectivity index (χ0v) is 20.0. The van der Waals surface area contributed by atoms with Gasteiger partial charge in [-0.2, -0.15) is 0 Å². The minimum Gasteiger partial charge on any atom is -0.379 e. The molecule has 36 heavy (non-hydrogen) atoms. The van der Waals surface area contributed by atoms with E-state index in [0.717, 1.165) is 50.4 Å². The molecule has 0 spiro atoms. The van der Waals surface area contributed by atoms with Crippen molar-refractivity contribution in [3.63, 3.8) is 0 Å². The third-order valence-corrected chi connectivity index (χ3v) is 6.38. The molecule has 12 heteroatoms. The largest absolute Gasteiger partial charge is 0.379 e. The fourth-order valence-electron chi connectivity index (χ4n) is 4.40. The standard InChI is InChI=1S/C24H29FN8O3/c1-36-13-22(34)30-16-6-4-15(5-7-16)29-21-10-19(28-14-2-3-14)23-27-12-20(33(23)32-21)24(35)31-18-8-9-26-11-17(18)25/h8-12,14-16,28H,2-7,13H2,1H3,(H,29,32)(H,30,34)(H,26,31,35). The van der Waals surface area contributed by atoms with Crippen molar-refractivity contribution in [2.45, 2.75) is 56.7 Å². The molecule has 2 fully saturated rings. The fraction of sp³-hybridized carbons (Fsp3) is 0.458. The van der Waals surface area contributed by atoms with Gasteiger partial charge in [0.15, 0.2) is 17.2 Å². The van der Waals surface area contributed by atoms with Crippen LogP contribution in [0.25, 0.3) is 5.65 Å². The Hall–Kier alpha value is -3.80. The molecule has 0 unspecified atom stereocenters. The minimum atomic E-state index is -0.625. The number of nitrogens with one attached hydrogen (secondary N) is 4. The monoisotopic (exact) mass is 496 g/mol. The fourth-order valence-corrected chi connectivity index (χ4v) is 4.40. The van der Waals surface area contributed by atoms with E-state index in [2.05, 4.69) is 36.3 Å². The van der Waals surface area contributed by atoms with Crippen LogP contribution in [0, 0.1) is 5.82 Å². The Kier molecular flexibility index (Phi) is 6.94. The summed E-state index contributed by atoms with van der Waals surface area (Å²) in [5.74, 6) is -0.643. The normalized spacial score (nSPS) is 19.6. The number of hydrogen-bond donors (Lipinski definition) is 4. The molecule has 0 aromatic carbocycles. The second-order valence-corrected chi connectivity index (χ2v) is 9.24. The number of amides is 2. The lowest BCUT2D eigenvalue weighted by molar-refractivity contribution is -0.125. The van der Waals surface area contributed by atoms with Crippen molar-refractivity contribution < 1.29 is 18.7 Å². The van der Waals surface area contributed by atoms with E-state index in [4.69, 9.17) is 4.74 Å². The maximum absolute atomic E-state index is 14.0. The summed E-state index contributed by atoms with van der Waals surface area (Å²) in [5, 5.41) is 17.2. The molecule has 11 nitrogen and oxygen atoms in total. The van der Waals surface area contributed by atoms with Gasteiger partial charge in [-0.05, 0) is 44.6 Å². The van der Waals surface area contributed by atoms with Crippen LogP contribution in [-0.2, 0) is 9.53 Å². The van der Waals surface area contributed by atoms with Gasteiger partial charge in [-0.3, -0.25) is 14.6 Å². The van der Waals surface area contributed by atoms with Gasteiger partial charge in [0.05, 0.1) is 23.8 Å². The highest BCUT2D eigenvalue weighted by atomic mass is 19.1. The third-order valence-electron chi connectivity index (χ3n) is 6.38. The van der Waals surface area contributed by atoms with Crippen molar-refractivity contribution in [3.8, 4) is 0 Å². The molecular weight excluding hydrogens is 467 g/mol. The molecule has 2 aliphatic carbocycles. The highest BCUT2D eigenvalue weighted by Gasteiger charge is 2.26. The van der Waals surface area contributed by atoms with Crippen molar-refractivity contribution in [1.82, 2.24) is 24.9 Å². The van der Waals surface area contributed by atoms with Gasteiger partial charge in [-0.15, -0.1) is 5.10 Å². The van der Waals surface area contributed by atoms with Gasteiger partial charge in [-0.1, -0.05) is 0 Å². The molecule has 0 radical (unpaired) electrons. The van der Waals surface area contributed by atoms with Gasteiger partial charge in [0.25, 0.3) is 5.91 Å². The lowest BCUT2D eigenvalue weighted by Crippen LogP contribution is -2.41. The highest BCUT2D eigenvalue weighted by molar-refractivity contribution is 6.03. The molecule has 2 aliphatic rings. The Morgan fingerprint density at radius 2 is 1.78 bits per heavy atom. The summed E-state index contributed by atoms with van der Waals surface area (Å²) in [6.45, 7) is 0.0630. The summed E-state index contributed by atoms with van der Waals surface area (Å²) in [6, 6.07) is 3.98. The Morgan fingerprint density at radius 1 is 1.06 bits per heavy atom. The van der Waals surface area contributed by atoms with Crippen LogP contribution in [0.5, 0.6) is 0 Å². The number of nitrogens with zero attached hydrogens (tertiary/aromatic N) is 4. The van der Waals surface area contributed by atoms with E-state index >= 15 is 0 Å². The van der Waals surface area contributed by atoms with E-state index in [1.165, 1.54) is 30.1 Å². The number of rotatable bonds is 9. The second kappa shape index (κ2) is 10.4. The van der Waals surface area contributed by atoms with Crippen LogP contribution in [0.15, 0.2) is 30.7 Å². The summed E-state index contributed by atoms with van der Waals surface area (Å²) in [6.07, 6.45) is 9.45. The third kappa shape index (κ3) is 5.54. The lowest BCUT2D eigenvalue weighted by atomic mass is 9.91. The summed E-state index contributed by atoms with van der Waals surface area (Å²) in [7, 11) is 1.50. The average Bonchev–Trinajstić information content (AvgIpc) is 3.57. The molecule has 0 bridgehead atoms. The number of fused-ring (bicyclic) bond motifs is 1. The second-order valence-electron chi connectivity index (χ2n) is 9.24. The molecule has 0 saturated heterocycles. The predicted octanol–water partition coefficient (Wildman–Crippen LogP) is 2.58. The number of anilines is 3. The molecule has 3 aromatic rings. The topological polar surface area (TPSA) is 135 Å². The van der Waals surface area contributed by atoms with Crippen LogP contribution < -0.4 is 21.3 Å². The first-order valence-corrected chi connectivity index (χ1v) is 12.1. The number of hydrogen-bond acceptors (Lipinski definition) is 8. The maximum Gasteiger partial charge on any atom is 0.276 e. The van der Waals surface area contributed by atoms with Gasteiger partial charge in [0, 0.05) is 37.5 Å². The number of aromatic nitrogens is 4. The van der Waals surface area contributed by atoms with Gasteiger partial charge in [0.1, 0.15) is 12.4 Å². The highest BCUT2D eigenvalue weighted by Crippen LogP contribution is 2.30. The van der Waals surface area contributed by atoms with Crippen LogP contribution >= 0.6 is 0 Å². The first kappa shape index (κ1) is 23.9. The van der Waals surface area contributed by atoms with Gasteiger partial charge in [0.2, 0.25) is 5.91 Å². The zero-order valence-electron chi connectivity index (χ0n) is 20.0. The Labute approximate surface area is 207 Å². The number of pyridine rings is 1. The summed E-state index contributed by atoms with van der Waals surface area (Å²) >= 11 is 0. The average molecular weight is 497 g/mol. The zero-order chi connectivity index (χ0) is 25.1. The molecular formula is C24H29FN8O3. The van der Waals surface area contributed by atoms with E-state index < -0.39 is 11.7 Å². The van der Waals surface area contributed by atoms with E-state index in [9.17, 15) is 14.0 Å². The Bertz CT molecular complexity index is 1250. The molecule has 0 atom stereocenters. The van der Waals surface area contributed by atoms with Crippen LogP contribution in [0.2, 0.25) is 0 Å². The maximum atomic E-state index is 14.0. The van der Waals surface area contributed by atoms with Crippen molar-refractivity contribution in [1.29, 1.82) is 0 Å². The van der Waals surface area contributed by atoms with Crippen molar-refractivity contribution in [2.75, 3.05) is 29.7 Å². The Balaban J connectivity index is 1.33. The van der Waals surface area contributed by atoms with Crippen LogP contribution in [-0.4, -0.2) is 63.2 Å². The van der Waals surface area contributed by atoms with Crippen molar-refractivity contribution in [2.24, 2.45) is 0 Å². The minimum absolute atomic E-state index is 0.0323. The number of methoxy groups -OCH3 is 1. The molecule has 3 heterocycles. The van der Waals surface area contributed by atoms with Crippen LogP contribution in [0.4, 0.5) is 21.6 Å². The van der Waals surface area contributed by atoms with Gasteiger partial charge in [-0.25, -0.2) is 13.9 Å². The first-order chi connectivity index (χ1) is 17.5. The van der Waals surface area contributed by atoms with Crippen LogP contribution in [0.1, 0.15) is 49.0 Å². The SMILES string of the molecule is COCC(=O)NC1CCC(Nc2cc(NC3CC3)c3ncc(C(=O)Nc4ccncc4F)n3n2)CC1. The van der Waals surface area contributed by atoms with Gasteiger partial charge < -0.3 is 26.0 Å². The van der Waals surface area contributed by atoms with Crippen LogP contribution in [0.3, 0.4) is 0 Å². The quantitative estimate of drug-likeness (QED) is 0.355. The van der Waals surface area contributed by atoms with E-state index in [1.807, 2.05) is 6.07 Å². The molecule has 0 aliphatic heterocycles. The molecule has 2 amide bonds. The predicted molar refractivity (Wildman–Crippen MR) is 131 cm³/mol. The molecule has 190 valence electrons. The molecule has 4 N–H and O–H groups in total. The van der Waals surface area contributed by atoms with Crippen molar-refractivity contribution in [3.05, 3.63) is 42.2 Å². The van der Waals surface area contributed by atoms with Gasteiger partial charge >= 0.3 is 0 Å². The van der Waals surface area contributed by atoms with E-state index in [1.54, 1.807) is 0 Å². The smallest absolute Gasteiger partial charge is 0.276 e. The lowest BCUT2D eigenvalue weighted by Gasteiger charge is -2.30. The summed E-state index contributed by atoms with van der Waals surface area (Å²) in [4.78, 5) is 32.9. The number of halogens is 1. The molecule has 2 saturated carbocycles. The summed E-state index contributed by atoms with van der Waals surface area (Å²) < 4.78 is 20.4. The number of carbonyl (C=O) groups excluding carboxylic acids is 2. The number of carbonyl (C=O) groups is 2. The number of ether oxygens (including phenoxy) is 1. The van der Waals surface area contributed by atoms with E-state index in [0.29, 0.717) is 17.5 Å². The molecule has 5 rings (SSSR count). The first-order valence-electron chi connectivity index (χ1n) is 12.1. The summed E-state index contributed by atoms with van der Waals surface area (Å²) in [5.41, 5.74) is 1.53. The molecule has 3 aromatic heterocycles. The number of imidazole rings is 1. The Morgan fingerprint density at radius 3 is 2.50 bits per heavy atom. The van der Waals surface area contributed by atoms with Crippen molar-refractivity contribution >= 4 is 34.7 Å².